The van der Waals surface area contributed by atoms with E-state index in [0.29, 0.717) is 5.56 Å². The Morgan fingerprint density at radius 1 is 1.03 bits per heavy atom. The number of hydrogen-bond donors (Lipinski definition) is 4. The summed E-state index contributed by atoms with van der Waals surface area (Å²) < 4.78 is 15.0. The number of carbonyl (C=O) groups excluding carboxylic acids is 1. The van der Waals surface area contributed by atoms with Crippen LogP contribution in [0.25, 0.3) is 16.6 Å². The molecule has 1 amide bonds. The van der Waals surface area contributed by atoms with Crippen LogP contribution < -0.4 is 21.9 Å². The number of carbonyl (C=O) groups is 2. The van der Waals surface area contributed by atoms with Gasteiger partial charge in [-0.15, -0.1) is 0 Å². The van der Waals surface area contributed by atoms with Crippen LogP contribution in [0, 0.1) is 12.7 Å². The van der Waals surface area contributed by atoms with Crippen molar-refractivity contribution < 1.29 is 19.1 Å². The predicted octanol–water partition coefficient (Wildman–Crippen LogP) is 3.75. The zero-order valence-electron chi connectivity index (χ0n) is 20.8. The highest BCUT2D eigenvalue weighted by molar-refractivity contribution is 5.97. The van der Waals surface area contributed by atoms with E-state index in [1.807, 2.05) is 26.8 Å². The lowest BCUT2D eigenvalue weighted by atomic mass is 10.0. The first kappa shape index (κ1) is 26.9. The van der Waals surface area contributed by atoms with Crippen molar-refractivity contribution in [3.05, 3.63) is 104 Å². The van der Waals surface area contributed by atoms with Crippen molar-refractivity contribution in [3.8, 4) is 5.69 Å². The molecule has 0 saturated heterocycles. The molecule has 192 valence electrons. The standard InChI is InChI=1S/C25H21FN4O5.C2H6/c1-13-4-3-5-15(10-13)21(24(33)34)29-22(31)14-6-8-16(9-7-14)30-23(32)17-11-18(26)20(27-2)12-19(17)28-25(30)35;1-2/h3-12,21,27H,1-2H3,(H,28,35)(H,29,31)(H,33,34);1-2H3. The Morgan fingerprint density at radius 3 is 2.30 bits per heavy atom. The molecule has 4 aromatic rings. The minimum absolute atomic E-state index is 0.0228. The van der Waals surface area contributed by atoms with Gasteiger partial charge in [-0.05, 0) is 48.9 Å². The molecule has 0 fully saturated rings. The number of rotatable bonds is 6. The molecule has 37 heavy (non-hydrogen) atoms. The number of halogens is 1. The minimum atomic E-state index is -1.26. The average Bonchev–Trinajstić information content (AvgIpc) is 2.88. The van der Waals surface area contributed by atoms with Crippen LogP contribution in [-0.2, 0) is 4.79 Å². The van der Waals surface area contributed by atoms with Gasteiger partial charge in [-0.2, -0.15) is 0 Å². The van der Waals surface area contributed by atoms with Gasteiger partial charge in [0.1, 0.15) is 5.82 Å². The SMILES string of the molecule is CC.CNc1cc2[nH]c(=O)n(-c3ccc(C(=O)NC(C(=O)O)c4cccc(C)c4)cc3)c(=O)c2cc1F. The van der Waals surface area contributed by atoms with Gasteiger partial charge in [0.15, 0.2) is 6.04 Å². The summed E-state index contributed by atoms with van der Waals surface area (Å²) in [4.78, 5) is 52.6. The second-order valence-electron chi connectivity index (χ2n) is 7.90. The van der Waals surface area contributed by atoms with Crippen molar-refractivity contribution in [3.63, 3.8) is 0 Å². The molecular formula is C27H27FN4O5. The first-order chi connectivity index (χ1) is 17.7. The van der Waals surface area contributed by atoms with Gasteiger partial charge in [0.05, 0.1) is 22.3 Å². The number of hydrogen-bond acceptors (Lipinski definition) is 5. The molecule has 1 unspecified atom stereocenters. The Kier molecular flexibility index (Phi) is 8.23. The van der Waals surface area contributed by atoms with E-state index in [4.69, 9.17) is 0 Å². The van der Waals surface area contributed by atoms with E-state index in [0.717, 1.165) is 16.2 Å². The molecule has 1 atom stereocenters. The van der Waals surface area contributed by atoms with Crippen LogP contribution >= 0.6 is 0 Å². The van der Waals surface area contributed by atoms with Crippen LogP contribution in [0.1, 0.15) is 41.4 Å². The zero-order valence-corrected chi connectivity index (χ0v) is 20.8. The predicted molar refractivity (Wildman–Crippen MR) is 140 cm³/mol. The van der Waals surface area contributed by atoms with E-state index in [9.17, 15) is 28.7 Å². The summed E-state index contributed by atoms with van der Waals surface area (Å²) in [6.45, 7) is 5.81. The third-order valence-corrected chi connectivity index (χ3v) is 5.54. The van der Waals surface area contributed by atoms with E-state index in [1.54, 1.807) is 18.2 Å². The Hall–Kier alpha value is -4.73. The Labute approximate surface area is 211 Å². The quantitative estimate of drug-likeness (QED) is 0.315. The Morgan fingerprint density at radius 2 is 1.70 bits per heavy atom. The largest absolute Gasteiger partial charge is 0.479 e. The lowest BCUT2D eigenvalue weighted by molar-refractivity contribution is -0.139. The van der Waals surface area contributed by atoms with E-state index in [1.165, 1.54) is 37.4 Å². The number of nitrogens with zero attached hydrogens (tertiary/aromatic N) is 1. The van der Waals surface area contributed by atoms with Gasteiger partial charge in [-0.25, -0.2) is 18.5 Å². The van der Waals surface area contributed by atoms with E-state index in [-0.39, 0.29) is 27.8 Å². The van der Waals surface area contributed by atoms with Gasteiger partial charge in [0.2, 0.25) is 0 Å². The molecule has 10 heteroatoms. The number of benzene rings is 3. The summed E-state index contributed by atoms with van der Waals surface area (Å²) in [5, 5.41) is 14.7. The van der Waals surface area contributed by atoms with Gasteiger partial charge in [0, 0.05) is 12.6 Å². The Balaban J connectivity index is 0.00000186. The molecule has 3 aromatic carbocycles. The lowest BCUT2D eigenvalue weighted by Crippen LogP contribution is -2.34. The fraction of sp³-hybridized carbons (Fsp3) is 0.185. The van der Waals surface area contributed by atoms with Crippen LogP contribution in [-0.4, -0.2) is 33.6 Å². The first-order valence-corrected chi connectivity index (χ1v) is 11.6. The van der Waals surface area contributed by atoms with Gasteiger partial charge in [-0.1, -0.05) is 43.7 Å². The van der Waals surface area contributed by atoms with Crippen molar-refractivity contribution >= 4 is 28.5 Å². The summed E-state index contributed by atoms with van der Waals surface area (Å²) >= 11 is 0. The van der Waals surface area contributed by atoms with Crippen LogP contribution in [0.4, 0.5) is 10.1 Å². The second-order valence-corrected chi connectivity index (χ2v) is 7.90. The number of carboxylic acid groups (broad SMARTS) is 1. The van der Waals surface area contributed by atoms with Crippen molar-refractivity contribution in [2.24, 2.45) is 0 Å². The number of H-pyrrole nitrogens is 1. The molecule has 0 aliphatic rings. The molecule has 0 bridgehead atoms. The summed E-state index contributed by atoms with van der Waals surface area (Å²) in [6, 6.07) is 13.4. The number of fused-ring (bicyclic) bond motifs is 1. The van der Waals surface area contributed by atoms with Gasteiger partial charge >= 0.3 is 11.7 Å². The van der Waals surface area contributed by atoms with Gasteiger partial charge in [0.25, 0.3) is 11.5 Å². The van der Waals surface area contributed by atoms with Crippen molar-refractivity contribution in [2.75, 3.05) is 12.4 Å². The fourth-order valence-electron chi connectivity index (χ4n) is 3.78. The maximum Gasteiger partial charge on any atom is 0.333 e. The van der Waals surface area contributed by atoms with Crippen molar-refractivity contribution in [2.45, 2.75) is 26.8 Å². The average molecular weight is 507 g/mol. The highest BCUT2D eigenvalue weighted by Gasteiger charge is 2.23. The number of aromatic nitrogens is 2. The maximum absolute atomic E-state index is 14.2. The monoisotopic (exact) mass is 506 g/mol. The highest BCUT2D eigenvalue weighted by atomic mass is 19.1. The van der Waals surface area contributed by atoms with Crippen LogP contribution in [0.3, 0.4) is 0 Å². The second kappa shape index (κ2) is 11.3. The molecule has 0 saturated carbocycles. The molecule has 1 heterocycles. The van der Waals surface area contributed by atoms with Gasteiger partial charge < -0.3 is 20.7 Å². The third-order valence-electron chi connectivity index (χ3n) is 5.54. The molecule has 1 aromatic heterocycles. The van der Waals surface area contributed by atoms with E-state index < -0.39 is 35.0 Å². The van der Waals surface area contributed by atoms with Crippen LogP contribution in [0.2, 0.25) is 0 Å². The minimum Gasteiger partial charge on any atom is -0.479 e. The third kappa shape index (κ3) is 5.58. The molecule has 4 rings (SSSR count). The number of carboxylic acids is 1. The van der Waals surface area contributed by atoms with Crippen molar-refractivity contribution in [1.29, 1.82) is 0 Å². The number of amides is 1. The zero-order chi connectivity index (χ0) is 27.3. The summed E-state index contributed by atoms with van der Waals surface area (Å²) in [7, 11) is 1.51. The van der Waals surface area contributed by atoms with Crippen LogP contribution in [0.5, 0.6) is 0 Å². The molecular weight excluding hydrogens is 479 g/mol. The normalized spacial score (nSPS) is 11.3. The molecule has 0 aliphatic heterocycles. The van der Waals surface area contributed by atoms with E-state index in [2.05, 4.69) is 15.6 Å². The topological polar surface area (TPSA) is 133 Å². The summed E-state index contributed by atoms with van der Waals surface area (Å²) in [5.74, 6) is -2.51. The number of aliphatic carboxylic acids is 1. The highest BCUT2D eigenvalue weighted by Crippen LogP contribution is 2.19. The number of anilines is 1. The molecule has 0 aliphatic carbocycles. The summed E-state index contributed by atoms with van der Waals surface area (Å²) in [5.41, 5.74) is 0.390. The molecule has 9 nitrogen and oxygen atoms in total. The van der Waals surface area contributed by atoms with Gasteiger partial charge in [-0.3, -0.25) is 9.59 Å². The van der Waals surface area contributed by atoms with E-state index >= 15 is 0 Å². The summed E-state index contributed by atoms with van der Waals surface area (Å²) in [6.07, 6.45) is 0. The maximum atomic E-state index is 14.2. The molecule has 4 N–H and O–H groups in total. The molecule has 0 radical (unpaired) electrons. The number of nitrogens with one attached hydrogen (secondary N) is 3. The lowest BCUT2D eigenvalue weighted by Gasteiger charge is -2.16. The number of aryl methyl sites for hydroxylation is 1. The smallest absolute Gasteiger partial charge is 0.333 e. The first-order valence-electron chi connectivity index (χ1n) is 11.6. The number of aromatic amines is 1. The van der Waals surface area contributed by atoms with Crippen molar-refractivity contribution in [1.82, 2.24) is 14.9 Å². The van der Waals surface area contributed by atoms with Crippen LogP contribution in [0.15, 0.2) is 70.3 Å². The molecule has 0 spiro atoms. The Bertz CT molecular complexity index is 1580. The fourth-order valence-corrected chi connectivity index (χ4v) is 3.78.